The number of nitrogens with zero attached hydrogens (tertiary/aromatic N) is 1. The molecule has 3 aromatic rings. The van der Waals surface area contributed by atoms with E-state index in [-0.39, 0.29) is 18.0 Å². The molecule has 1 aliphatic rings. The van der Waals surface area contributed by atoms with Crippen LogP contribution >= 0.6 is 0 Å². The van der Waals surface area contributed by atoms with Gasteiger partial charge in [0.25, 0.3) is 5.91 Å². The van der Waals surface area contributed by atoms with E-state index in [4.69, 9.17) is 5.73 Å². The Kier molecular flexibility index (Phi) is 5.86. The third-order valence-electron chi connectivity index (χ3n) is 5.77. The number of carbonyl (C=O) groups is 1. The van der Waals surface area contributed by atoms with Crippen molar-refractivity contribution in [3.63, 3.8) is 0 Å². The van der Waals surface area contributed by atoms with Crippen molar-refractivity contribution >= 4 is 11.6 Å². The average molecular weight is 407 g/mol. The van der Waals surface area contributed by atoms with Crippen molar-refractivity contribution in [1.82, 2.24) is 4.57 Å². The number of aliphatic hydroxyl groups excluding tert-OH is 1. The maximum Gasteiger partial charge on any atom is 0.250 e. The van der Waals surface area contributed by atoms with Crippen molar-refractivity contribution in [2.24, 2.45) is 5.73 Å². The van der Waals surface area contributed by atoms with Crippen molar-refractivity contribution in [3.8, 4) is 5.69 Å². The Bertz CT molecular complexity index is 1040. The molecule has 1 aliphatic carbocycles. The lowest BCUT2D eigenvalue weighted by Crippen LogP contribution is -2.29. The molecular formula is C24H26FN3O2. The van der Waals surface area contributed by atoms with Crippen molar-refractivity contribution in [2.75, 3.05) is 5.32 Å². The normalized spacial score (nSPS) is 18.9. The molecule has 4 N–H and O–H groups in total. The zero-order valence-corrected chi connectivity index (χ0v) is 16.7. The van der Waals surface area contributed by atoms with E-state index < -0.39 is 5.91 Å². The van der Waals surface area contributed by atoms with Gasteiger partial charge in [0.05, 0.1) is 11.7 Å². The van der Waals surface area contributed by atoms with Crippen LogP contribution in [0.5, 0.6) is 0 Å². The number of aliphatic hydroxyl groups is 1. The summed E-state index contributed by atoms with van der Waals surface area (Å²) in [7, 11) is 0. The number of nitrogens with two attached hydrogens (primary N) is 1. The van der Waals surface area contributed by atoms with E-state index in [0.717, 1.165) is 37.1 Å². The third kappa shape index (κ3) is 4.39. The molecular weight excluding hydrogens is 381 g/mol. The topological polar surface area (TPSA) is 80.3 Å². The smallest absolute Gasteiger partial charge is 0.250 e. The number of primary amides is 1. The van der Waals surface area contributed by atoms with Gasteiger partial charge in [-0.3, -0.25) is 4.79 Å². The van der Waals surface area contributed by atoms with E-state index in [1.807, 2.05) is 41.1 Å². The first-order valence-corrected chi connectivity index (χ1v) is 10.3. The lowest BCUT2D eigenvalue weighted by atomic mass is 9.92. The summed E-state index contributed by atoms with van der Waals surface area (Å²) in [5.74, 6) is -0.713. The first-order chi connectivity index (χ1) is 14.5. The summed E-state index contributed by atoms with van der Waals surface area (Å²) in [6, 6.07) is 16.3. The highest BCUT2D eigenvalue weighted by Gasteiger charge is 2.21. The lowest BCUT2D eigenvalue weighted by Gasteiger charge is -2.28. The first kappa shape index (κ1) is 20.2. The minimum absolute atomic E-state index is 0.185. The summed E-state index contributed by atoms with van der Waals surface area (Å²) in [6.45, 7) is 0. The quantitative estimate of drug-likeness (QED) is 0.577. The molecule has 156 valence electrons. The summed E-state index contributed by atoms with van der Waals surface area (Å²) in [6.07, 6.45) is 5.31. The number of rotatable bonds is 6. The lowest BCUT2D eigenvalue weighted by molar-refractivity contribution is 0.100. The van der Waals surface area contributed by atoms with Crippen LogP contribution in [0.1, 0.15) is 47.3 Å². The van der Waals surface area contributed by atoms with Gasteiger partial charge in [-0.05, 0) is 67.6 Å². The number of halogens is 1. The van der Waals surface area contributed by atoms with Gasteiger partial charge in [-0.1, -0.05) is 18.2 Å². The van der Waals surface area contributed by atoms with Gasteiger partial charge >= 0.3 is 0 Å². The summed E-state index contributed by atoms with van der Waals surface area (Å²) in [4.78, 5) is 12.0. The average Bonchev–Trinajstić information content (AvgIpc) is 3.19. The van der Waals surface area contributed by atoms with Crippen LogP contribution in [0.4, 0.5) is 10.1 Å². The number of hydrogen-bond acceptors (Lipinski definition) is 3. The molecule has 1 saturated carbocycles. The largest absolute Gasteiger partial charge is 0.393 e. The zero-order valence-electron chi connectivity index (χ0n) is 16.7. The van der Waals surface area contributed by atoms with Crippen molar-refractivity contribution in [1.29, 1.82) is 0 Å². The molecule has 1 amide bonds. The van der Waals surface area contributed by atoms with Crippen molar-refractivity contribution < 1.29 is 14.3 Å². The van der Waals surface area contributed by atoms with Crippen LogP contribution in [0.15, 0.2) is 60.8 Å². The second-order valence-corrected chi connectivity index (χ2v) is 7.88. The molecule has 2 aromatic carbocycles. The van der Waals surface area contributed by atoms with Crippen LogP contribution < -0.4 is 11.1 Å². The molecule has 0 radical (unpaired) electrons. The number of anilines is 1. The summed E-state index contributed by atoms with van der Waals surface area (Å²) >= 11 is 0. The van der Waals surface area contributed by atoms with Gasteiger partial charge in [0.15, 0.2) is 0 Å². The Labute approximate surface area is 175 Å². The van der Waals surface area contributed by atoms with Gasteiger partial charge in [-0.2, -0.15) is 0 Å². The van der Waals surface area contributed by atoms with E-state index in [9.17, 15) is 14.3 Å². The predicted molar refractivity (Wildman–Crippen MR) is 115 cm³/mol. The molecule has 30 heavy (non-hydrogen) atoms. The number of carbonyl (C=O) groups excluding carboxylic acids is 1. The van der Waals surface area contributed by atoms with Crippen molar-refractivity contribution in [3.05, 3.63) is 83.4 Å². The highest BCUT2D eigenvalue weighted by molar-refractivity contribution is 5.99. The number of hydrogen-bond donors (Lipinski definition) is 3. The van der Waals surface area contributed by atoms with Gasteiger partial charge in [0, 0.05) is 35.7 Å². The molecule has 1 heterocycles. The highest BCUT2D eigenvalue weighted by Crippen LogP contribution is 2.27. The molecule has 0 atom stereocenters. The monoisotopic (exact) mass is 407 g/mol. The molecule has 5 nitrogen and oxygen atoms in total. The molecule has 0 aliphatic heterocycles. The fraction of sp³-hybridized carbons (Fsp3) is 0.292. The van der Waals surface area contributed by atoms with E-state index in [1.54, 1.807) is 18.2 Å². The van der Waals surface area contributed by atoms with Gasteiger partial charge in [0.2, 0.25) is 0 Å². The van der Waals surface area contributed by atoms with Crippen molar-refractivity contribution in [2.45, 2.75) is 44.2 Å². The Morgan fingerprint density at radius 1 is 1.10 bits per heavy atom. The molecule has 0 saturated heterocycles. The minimum atomic E-state index is -0.487. The van der Waals surface area contributed by atoms with Gasteiger partial charge in [-0.15, -0.1) is 0 Å². The van der Waals surface area contributed by atoms with Crippen LogP contribution in [-0.4, -0.2) is 27.7 Å². The molecule has 0 spiro atoms. The van der Waals surface area contributed by atoms with E-state index in [2.05, 4.69) is 5.32 Å². The second-order valence-electron chi connectivity index (χ2n) is 7.88. The fourth-order valence-electron chi connectivity index (χ4n) is 4.11. The SMILES string of the molecule is NC(=O)c1ccc(-n2cccc2Cc2ccccc2F)cc1N[C@H]1CC[C@H](O)CC1. The highest BCUT2D eigenvalue weighted by atomic mass is 19.1. The molecule has 1 fully saturated rings. The first-order valence-electron chi connectivity index (χ1n) is 10.3. The predicted octanol–water partition coefficient (Wildman–Crippen LogP) is 4.02. The molecule has 4 rings (SSSR count). The van der Waals surface area contributed by atoms with E-state index in [0.29, 0.717) is 23.2 Å². The zero-order chi connectivity index (χ0) is 21.1. The molecule has 6 heteroatoms. The Balaban J connectivity index is 1.63. The third-order valence-corrected chi connectivity index (χ3v) is 5.77. The van der Waals surface area contributed by atoms with Gasteiger partial charge in [-0.25, -0.2) is 4.39 Å². The van der Waals surface area contributed by atoms with Crippen LogP contribution in [-0.2, 0) is 6.42 Å². The summed E-state index contributed by atoms with van der Waals surface area (Å²) in [5, 5.41) is 13.2. The standard InChI is InChI=1S/C24H26FN3O2/c25-22-6-2-1-4-16(22)14-18-5-3-13-28(18)19-9-12-21(24(26)30)23(15-19)27-17-7-10-20(29)11-8-17/h1-6,9,12-13,15,17,20,27,29H,7-8,10-11,14H2,(H2,26,30)/t17-,20-. The fourth-order valence-corrected chi connectivity index (χ4v) is 4.11. The second kappa shape index (κ2) is 8.71. The number of benzene rings is 2. The Hall–Kier alpha value is -3.12. The van der Waals surface area contributed by atoms with Crippen LogP contribution in [0.2, 0.25) is 0 Å². The van der Waals surface area contributed by atoms with Crippen LogP contribution in [0.25, 0.3) is 5.69 Å². The van der Waals surface area contributed by atoms with Gasteiger partial charge < -0.3 is 20.7 Å². The maximum absolute atomic E-state index is 14.1. The maximum atomic E-state index is 14.1. The van der Waals surface area contributed by atoms with Crippen LogP contribution in [0.3, 0.4) is 0 Å². The Morgan fingerprint density at radius 2 is 1.87 bits per heavy atom. The Morgan fingerprint density at radius 3 is 2.60 bits per heavy atom. The number of aromatic nitrogens is 1. The van der Waals surface area contributed by atoms with Gasteiger partial charge in [0.1, 0.15) is 5.82 Å². The van der Waals surface area contributed by atoms with E-state index in [1.165, 1.54) is 6.07 Å². The van der Waals surface area contributed by atoms with Crippen LogP contribution in [0, 0.1) is 5.82 Å². The summed E-state index contributed by atoms with van der Waals surface area (Å²) < 4.78 is 16.1. The molecule has 0 unspecified atom stereocenters. The summed E-state index contributed by atoms with van der Waals surface area (Å²) in [5.41, 5.74) is 9.16. The van der Waals surface area contributed by atoms with E-state index >= 15 is 0 Å². The number of nitrogens with one attached hydrogen (secondary N) is 1. The number of amides is 1. The molecule has 0 bridgehead atoms. The molecule has 1 aromatic heterocycles. The minimum Gasteiger partial charge on any atom is -0.393 e.